The number of rotatable bonds is 8. The van der Waals surface area contributed by atoms with E-state index < -0.39 is 10.0 Å². The lowest BCUT2D eigenvalue weighted by atomic mass is 10.3. The van der Waals surface area contributed by atoms with Crippen molar-refractivity contribution in [3.63, 3.8) is 0 Å². The molecule has 1 saturated carbocycles. The van der Waals surface area contributed by atoms with Crippen LogP contribution in [0.25, 0.3) is 0 Å². The fraction of sp³-hybridized carbons (Fsp3) is 0.583. The van der Waals surface area contributed by atoms with Crippen LogP contribution >= 0.6 is 0 Å². The molecule has 1 fully saturated rings. The second kappa shape index (κ2) is 5.85. The maximum Gasteiger partial charge on any atom is 0.260 e. The molecule has 2 rings (SSSR count). The van der Waals surface area contributed by atoms with Gasteiger partial charge in [-0.25, -0.2) is 8.42 Å². The van der Waals surface area contributed by atoms with Gasteiger partial charge in [-0.3, -0.25) is 5.10 Å². The highest BCUT2D eigenvalue weighted by atomic mass is 32.2. The van der Waals surface area contributed by atoms with E-state index in [1.165, 1.54) is 4.31 Å². The maximum atomic E-state index is 12.6. The van der Waals surface area contributed by atoms with Gasteiger partial charge >= 0.3 is 0 Å². The second-order valence-corrected chi connectivity index (χ2v) is 6.43. The third-order valence-corrected chi connectivity index (χ3v) is 5.01. The quantitative estimate of drug-likeness (QED) is 0.694. The topological polar surface area (TPSA) is 78.1 Å². The van der Waals surface area contributed by atoms with Crippen molar-refractivity contribution < 1.29 is 8.42 Å². The first-order valence-electron chi connectivity index (χ1n) is 6.47. The SMILES string of the molecule is C=CCN(C1CC1)S(=O)(=O)c1[nH]ncc1CNCC. The van der Waals surface area contributed by atoms with E-state index in [4.69, 9.17) is 0 Å². The zero-order valence-electron chi connectivity index (χ0n) is 11.1. The van der Waals surface area contributed by atoms with Crippen LogP contribution in [0.4, 0.5) is 0 Å². The van der Waals surface area contributed by atoms with E-state index in [1.807, 2.05) is 6.92 Å². The Labute approximate surface area is 113 Å². The van der Waals surface area contributed by atoms with Gasteiger partial charge in [0.25, 0.3) is 10.0 Å². The molecule has 0 saturated heterocycles. The summed E-state index contributed by atoms with van der Waals surface area (Å²) in [5, 5.41) is 9.80. The average Bonchev–Trinajstić information content (AvgIpc) is 3.10. The third-order valence-electron chi connectivity index (χ3n) is 3.07. The molecule has 19 heavy (non-hydrogen) atoms. The number of H-pyrrole nitrogens is 1. The van der Waals surface area contributed by atoms with Gasteiger partial charge in [0.15, 0.2) is 5.03 Å². The zero-order valence-corrected chi connectivity index (χ0v) is 11.9. The van der Waals surface area contributed by atoms with E-state index in [9.17, 15) is 8.42 Å². The molecule has 106 valence electrons. The molecule has 1 aliphatic carbocycles. The fourth-order valence-corrected chi connectivity index (χ4v) is 3.72. The molecule has 0 atom stereocenters. The Morgan fingerprint density at radius 2 is 2.37 bits per heavy atom. The second-order valence-electron chi connectivity index (χ2n) is 4.60. The molecule has 6 nitrogen and oxygen atoms in total. The predicted octanol–water partition coefficient (Wildman–Crippen LogP) is 0.858. The third kappa shape index (κ3) is 3.05. The van der Waals surface area contributed by atoms with Crippen molar-refractivity contribution in [2.24, 2.45) is 0 Å². The van der Waals surface area contributed by atoms with Gasteiger partial charge in [-0.2, -0.15) is 9.40 Å². The summed E-state index contributed by atoms with van der Waals surface area (Å²) < 4.78 is 26.8. The monoisotopic (exact) mass is 284 g/mol. The number of nitrogens with zero attached hydrogens (tertiary/aromatic N) is 2. The Hall–Kier alpha value is -1.18. The summed E-state index contributed by atoms with van der Waals surface area (Å²) in [5.74, 6) is 0. The van der Waals surface area contributed by atoms with Crippen LogP contribution < -0.4 is 5.32 Å². The lowest BCUT2D eigenvalue weighted by Crippen LogP contribution is -2.34. The fourth-order valence-electron chi connectivity index (χ4n) is 1.96. The van der Waals surface area contributed by atoms with Gasteiger partial charge in [0, 0.05) is 24.7 Å². The van der Waals surface area contributed by atoms with E-state index in [0.29, 0.717) is 18.7 Å². The molecule has 0 unspecified atom stereocenters. The van der Waals surface area contributed by atoms with E-state index in [-0.39, 0.29) is 11.1 Å². The van der Waals surface area contributed by atoms with Gasteiger partial charge < -0.3 is 5.32 Å². The van der Waals surface area contributed by atoms with E-state index in [1.54, 1.807) is 12.3 Å². The Morgan fingerprint density at radius 3 is 2.95 bits per heavy atom. The summed E-state index contributed by atoms with van der Waals surface area (Å²) >= 11 is 0. The summed E-state index contributed by atoms with van der Waals surface area (Å²) in [5.41, 5.74) is 0.677. The largest absolute Gasteiger partial charge is 0.313 e. The van der Waals surface area contributed by atoms with E-state index in [0.717, 1.165) is 19.4 Å². The molecule has 0 amide bonds. The number of sulfonamides is 1. The Morgan fingerprint density at radius 1 is 1.63 bits per heavy atom. The van der Waals surface area contributed by atoms with Crippen molar-refractivity contribution in [3.05, 3.63) is 24.4 Å². The molecule has 0 radical (unpaired) electrons. The van der Waals surface area contributed by atoms with Gasteiger partial charge in [-0.15, -0.1) is 6.58 Å². The average molecular weight is 284 g/mol. The zero-order chi connectivity index (χ0) is 13.9. The molecule has 1 heterocycles. The number of hydrogen-bond acceptors (Lipinski definition) is 4. The molecule has 0 aromatic carbocycles. The van der Waals surface area contributed by atoms with E-state index in [2.05, 4.69) is 22.1 Å². The van der Waals surface area contributed by atoms with Crippen LogP contribution in [-0.4, -0.2) is 42.1 Å². The van der Waals surface area contributed by atoms with Crippen LogP contribution in [0.2, 0.25) is 0 Å². The number of hydrogen-bond donors (Lipinski definition) is 2. The highest BCUT2D eigenvalue weighted by Gasteiger charge is 2.38. The molecule has 0 bridgehead atoms. The molecular formula is C12H20N4O2S. The number of aromatic nitrogens is 2. The van der Waals surface area contributed by atoms with Crippen LogP contribution in [0.1, 0.15) is 25.3 Å². The Kier molecular flexibility index (Phi) is 4.38. The summed E-state index contributed by atoms with van der Waals surface area (Å²) in [6, 6.07) is 0.110. The van der Waals surface area contributed by atoms with Crippen LogP contribution in [0.5, 0.6) is 0 Å². The van der Waals surface area contributed by atoms with E-state index >= 15 is 0 Å². The predicted molar refractivity (Wildman–Crippen MR) is 73.1 cm³/mol. The first kappa shape index (κ1) is 14.2. The van der Waals surface area contributed by atoms with Crippen molar-refractivity contribution >= 4 is 10.0 Å². The molecule has 2 N–H and O–H groups in total. The van der Waals surface area contributed by atoms with Crippen LogP contribution in [0.3, 0.4) is 0 Å². The molecule has 7 heteroatoms. The minimum absolute atomic E-state index is 0.110. The summed E-state index contributed by atoms with van der Waals surface area (Å²) in [6.07, 6.45) is 5.03. The molecule has 1 aromatic heterocycles. The minimum atomic E-state index is -3.51. The molecule has 0 aliphatic heterocycles. The first-order chi connectivity index (χ1) is 9.11. The molecule has 1 aromatic rings. The standard InChI is InChI=1S/C12H20N4O2S/c1-3-7-16(11-5-6-11)19(17,18)12-10(8-13-4-2)9-14-15-12/h3,9,11,13H,1,4-8H2,2H3,(H,14,15). The molecule has 1 aliphatic rings. The summed E-state index contributed by atoms with van der Waals surface area (Å²) in [6.45, 7) is 7.22. The van der Waals surface area contributed by atoms with Crippen molar-refractivity contribution in [1.82, 2.24) is 19.8 Å². The molecule has 0 spiro atoms. The summed E-state index contributed by atoms with van der Waals surface area (Å²) in [7, 11) is -3.51. The van der Waals surface area contributed by atoms with Crippen LogP contribution in [0, 0.1) is 0 Å². The van der Waals surface area contributed by atoms with Gasteiger partial charge in [0.2, 0.25) is 0 Å². The summed E-state index contributed by atoms with van der Waals surface area (Å²) in [4.78, 5) is 0. The van der Waals surface area contributed by atoms with Crippen molar-refractivity contribution in [1.29, 1.82) is 0 Å². The number of aromatic amines is 1. The Balaban J connectivity index is 2.27. The lowest BCUT2D eigenvalue weighted by Gasteiger charge is -2.19. The smallest absolute Gasteiger partial charge is 0.260 e. The van der Waals surface area contributed by atoms with Crippen molar-refractivity contribution in [2.45, 2.75) is 37.4 Å². The van der Waals surface area contributed by atoms with Gasteiger partial charge in [0.05, 0.1) is 6.20 Å². The van der Waals surface area contributed by atoms with Gasteiger partial charge in [0.1, 0.15) is 0 Å². The Bertz CT molecular complexity index is 534. The van der Waals surface area contributed by atoms with Crippen LogP contribution in [0.15, 0.2) is 23.9 Å². The number of nitrogens with one attached hydrogen (secondary N) is 2. The molecular weight excluding hydrogens is 264 g/mol. The first-order valence-corrected chi connectivity index (χ1v) is 7.91. The maximum absolute atomic E-state index is 12.6. The minimum Gasteiger partial charge on any atom is -0.313 e. The van der Waals surface area contributed by atoms with Crippen molar-refractivity contribution in [2.75, 3.05) is 13.1 Å². The highest BCUT2D eigenvalue weighted by Crippen LogP contribution is 2.32. The van der Waals surface area contributed by atoms with Gasteiger partial charge in [-0.1, -0.05) is 13.0 Å². The normalized spacial score (nSPS) is 15.9. The lowest BCUT2D eigenvalue weighted by molar-refractivity contribution is 0.432. The van der Waals surface area contributed by atoms with Gasteiger partial charge in [-0.05, 0) is 19.4 Å². The van der Waals surface area contributed by atoms with Crippen molar-refractivity contribution in [3.8, 4) is 0 Å². The van der Waals surface area contributed by atoms with Crippen LogP contribution in [-0.2, 0) is 16.6 Å². The highest BCUT2D eigenvalue weighted by molar-refractivity contribution is 7.89.